The minimum atomic E-state index is -0.147. The smallest absolute Gasteiger partial charge is 0.225 e. The van der Waals surface area contributed by atoms with Crippen LogP contribution in [0.5, 0.6) is 0 Å². The molecule has 0 aromatic carbocycles. The van der Waals surface area contributed by atoms with Gasteiger partial charge in [0.05, 0.1) is 12.0 Å². The lowest BCUT2D eigenvalue weighted by Gasteiger charge is -2.42. The maximum atomic E-state index is 12.2. The fraction of sp³-hybridized carbons (Fsp3) is 0.923. The van der Waals surface area contributed by atoms with Gasteiger partial charge in [0.1, 0.15) is 0 Å². The second-order valence-electron chi connectivity index (χ2n) is 5.43. The standard InChI is InChI=1S/C13H25N3O2/c1-18-13(3-2-4-13)11-12(17)16-9-7-15(6-5-14)8-10-16/h2-11,14H2,1H3. The van der Waals surface area contributed by atoms with Crippen LogP contribution < -0.4 is 5.73 Å². The second kappa shape index (κ2) is 5.99. The van der Waals surface area contributed by atoms with E-state index in [2.05, 4.69) is 4.90 Å². The van der Waals surface area contributed by atoms with Crippen molar-refractivity contribution in [2.75, 3.05) is 46.4 Å². The summed E-state index contributed by atoms with van der Waals surface area (Å²) >= 11 is 0. The lowest BCUT2D eigenvalue weighted by Crippen LogP contribution is -2.52. The van der Waals surface area contributed by atoms with E-state index in [1.165, 1.54) is 6.42 Å². The van der Waals surface area contributed by atoms with Crippen LogP contribution in [0.2, 0.25) is 0 Å². The zero-order valence-electron chi connectivity index (χ0n) is 11.4. The third-order valence-corrected chi connectivity index (χ3v) is 4.34. The number of methoxy groups -OCH3 is 1. The number of carbonyl (C=O) groups is 1. The summed E-state index contributed by atoms with van der Waals surface area (Å²) < 4.78 is 5.52. The van der Waals surface area contributed by atoms with E-state index in [1.54, 1.807) is 7.11 Å². The molecule has 18 heavy (non-hydrogen) atoms. The number of piperazine rings is 1. The zero-order chi connectivity index (χ0) is 13.0. The second-order valence-corrected chi connectivity index (χ2v) is 5.43. The van der Waals surface area contributed by atoms with E-state index in [1.807, 2.05) is 4.90 Å². The number of nitrogens with two attached hydrogens (primary N) is 1. The molecule has 5 heteroatoms. The highest BCUT2D eigenvalue weighted by Gasteiger charge is 2.40. The Hall–Kier alpha value is -0.650. The number of amides is 1. The Bertz CT molecular complexity index is 278. The quantitative estimate of drug-likeness (QED) is 0.754. The summed E-state index contributed by atoms with van der Waals surface area (Å²) in [6.07, 6.45) is 3.80. The van der Waals surface area contributed by atoms with Gasteiger partial charge < -0.3 is 15.4 Å². The van der Waals surface area contributed by atoms with Crippen molar-refractivity contribution < 1.29 is 9.53 Å². The molecule has 1 heterocycles. The molecule has 2 aliphatic rings. The topological polar surface area (TPSA) is 58.8 Å². The van der Waals surface area contributed by atoms with Crippen LogP contribution in [0.3, 0.4) is 0 Å². The lowest BCUT2D eigenvalue weighted by atomic mass is 9.77. The minimum absolute atomic E-state index is 0.147. The minimum Gasteiger partial charge on any atom is -0.378 e. The highest BCUT2D eigenvalue weighted by molar-refractivity contribution is 5.77. The van der Waals surface area contributed by atoms with Crippen molar-refractivity contribution in [2.45, 2.75) is 31.3 Å². The number of ether oxygens (including phenoxy) is 1. The van der Waals surface area contributed by atoms with Crippen LogP contribution in [0.15, 0.2) is 0 Å². The van der Waals surface area contributed by atoms with Gasteiger partial charge in [-0.2, -0.15) is 0 Å². The number of hydrogen-bond acceptors (Lipinski definition) is 4. The van der Waals surface area contributed by atoms with Crippen LogP contribution in [-0.4, -0.2) is 67.7 Å². The summed E-state index contributed by atoms with van der Waals surface area (Å²) in [6, 6.07) is 0. The monoisotopic (exact) mass is 255 g/mol. The van der Waals surface area contributed by atoms with E-state index < -0.39 is 0 Å². The van der Waals surface area contributed by atoms with Crippen LogP contribution in [0.1, 0.15) is 25.7 Å². The SMILES string of the molecule is COC1(CC(=O)N2CCN(CCN)CC2)CCC1. The number of nitrogens with zero attached hydrogens (tertiary/aromatic N) is 2. The Balaban J connectivity index is 1.77. The summed E-state index contributed by atoms with van der Waals surface area (Å²) in [5, 5.41) is 0. The van der Waals surface area contributed by atoms with Crippen molar-refractivity contribution in [3.05, 3.63) is 0 Å². The fourth-order valence-corrected chi connectivity index (χ4v) is 2.82. The third kappa shape index (κ3) is 3.02. The van der Waals surface area contributed by atoms with Gasteiger partial charge >= 0.3 is 0 Å². The number of rotatable bonds is 5. The maximum Gasteiger partial charge on any atom is 0.225 e. The molecule has 104 valence electrons. The van der Waals surface area contributed by atoms with Crippen molar-refractivity contribution in [3.63, 3.8) is 0 Å². The molecule has 1 amide bonds. The van der Waals surface area contributed by atoms with Crippen LogP contribution in [-0.2, 0) is 9.53 Å². The van der Waals surface area contributed by atoms with Gasteiger partial charge in [-0.3, -0.25) is 9.69 Å². The lowest BCUT2D eigenvalue weighted by molar-refractivity contribution is -0.145. The highest BCUT2D eigenvalue weighted by Crippen LogP contribution is 2.38. The average molecular weight is 255 g/mol. The first-order valence-electron chi connectivity index (χ1n) is 6.94. The predicted molar refractivity (Wildman–Crippen MR) is 70.3 cm³/mol. The summed E-state index contributed by atoms with van der Waals surface area (Å²) in [4.78, 5) is 16.5. The average Bonchev–Trinajstić information content (AvgIpc) is 2.35. The first-order valence-corrected chi connectivity index (χ1v) is 6.94. The molecular formula is C13H25N3O2. The van der Waals surface area contributed by atoms with Gasteiger partial charge in [-0.25, -0.2) is 0 Å². The molecule has 1 saturated carbocycles. The van der Waals surface area contributed by atoms with Crippen LogP contribution in [0.25, 0.3) is 0 Å². The van der Waals surface area contributed by atoms with Crippen LogP contribution in [0.4, 0.5) is 0 Å². The van der Waals surface area contributed by atoms with Crippen LogP contribution >= 0.6 is 0 Å². The molecule has 2 fully saturated rings. The highest BCUT2D eigenvalue weighted by atomic mass is 16.5. The zero-order valence-corrected chi connectivity index (χ0v) is 11.4. The molecule has 1 aliphatic heterocycles. The van der Waals surface area contributed by atoms with Gasteiger partial charge in [-0.05, 0) is 19.3 Å². The molecule has 0 aromatic heterocycles. The Morgan fingerprint density at radius 3 is 2.39 bits per heavy atom. The van der Waals surface area contributed by atoms with E-state index in [9.17, 15) is 4.79 Å². The Labute approximate surface area is 109 Å². The molecule has 0 unspecified atom stereocenters. The van der Waals surface area contributed by atoms with Crippen molar-refractivity contribution in [3.8, 4) is 0 Å². The molecule has 2 rings (SSSR count). The van der Waals surface area contributed by atoms with E-state index in [-0.39, 0.29) is 11.5 Å². The Kier molecular flexibility index (Phi) is 4.59. The summed E-state index contributed by atoms with van der Waals surface area (Å²) in [6.45, 7) is 5.19. The molecular weight excluding hydrogens is 230 g/mol. The van der Waals surface area contributed by atoms with Crippen molar-refractivity contribution in [2.24, 2.45) is 5.73 Å². The third-order valence-electron chi connectivity index (χ3n) is 4.34. The van der Waals surface area contributed by atoms with E-state index >= 15 is 0 Å². The first kappa shape index (κ1) is 13.8. The number of carbonyl (C=O) groups excluding carboxylic acids is 1. The summed E-state index contributed by atoms with van der Waals surface area (Å²) in [5.74, 6) is 0.254. The van der Waals surface area contributed by atoms with Gasteiger partial charge in [0.25, 0.3) is 0 Å². The van der Waals surface area contributed by atoms with Crippen molar-refractivity contribution in [1.29, 1.82) is 0 Å². The molecule has 2 N–H and O–H groups in total. The van der Waals surface area contributed by atoms with Gasteiger partial charge in [-0.1, -0.05) is 0 Å². The van der Waals surface area contributed by atoms with Gasteiger partial charge in [0.15, 0.2) is 0 Å². The molecule has 0 aromatic rings. The summed E-state index contributed by atoms with van der Waals surface area (Å²) in [7, 11) is 1.73. The van der Waals surface area contributed by atoms with E-state index in [0.29, 0.717) is 13.0 Å². The largest absolute Gasteiger partial charge is 0.378 e. The van der Waals surface area contributed by atoms with E-state index in [0.717, 1.165) is 45.6 Å². The fourth-order valence-electron chi connectivity index (χ4n) is 2.82. The molecule has 0 atom stereocenters. The molecule has 0 radical (unpaired) electrons. The molecule has 0 bridgehead atoms. The maximum absolute atomic E-state index is 12.2. The van der Waals surface area contributed by atoms with Gasteiger partial charge in [0.2, 0.25) is 5.91 Å². The molecule has 5 nitrogen and oxygen atoms in total. The molecule has 1 aliphatic carbocycles. The van der Waals surface area contributed by atoms with Crippen LogP contribution in [0, 0.1) is 0 Å². The summed E-state index contributed by atoms with van der Waals surface area (Å²) in [5.41, 5.74) is 5.39. The normalized spacial score (nSPS) is 23.8. The van der Waals surface area contributed by atoms with Gasteiger partial charge in [0, 0.05) is 46.4 Å². The van der Waals surface area contributed by atoms with Crippen molar-refractivity contribution >= 4 is 5.91 Å². The first-order chi connectivity index (χ1) is 8.69. The molecule has 0 spiro atoms. The molecule has 1 saturated heterocycles. The van der Waals surface area contributed by atoms with Crippen molar-refractivity contribution in [1.82, 2.24) is 9.80 Å². The van der Waals surface area contributed by atoms with E-state index in [4.69, 9.17) is 10.5 Å². The Morgan fingerprint density at radius 2 is 1.94 bits per heavy atom. The Morgan fingerprint density at radius 1 is 1.28 bits per heavy atom. The number of hydrogen-bond donors (Lipinski definition) is 1. The van der Waals surface area contributed by atoms with Gasteiger partial charge in [-0.15, -0.1) is 0 Å². The predicted octanol–water partition coefficient (Wildman–Crippen LogP) is 0.0485.